The van der Waals surface area contributed by atoms with Gasteiger partial charge < -0.3 is 14.8 Å². The minimum atomic E-state index is 0.475. The summed E-state index contributed by atoms with van der Waals surface area (Å²) in [6.45, 7) is 4.96. The van der Waals surface area contributed by atoms with Crippen molar-refractivity contribution in [2.24, 2.45) is 5.92 Å². The second-order valence-electron chi connectivity index (χ2n) is 4.00. The average molecular weight is 185 g/mol. The fraction of sp³-hybridized carbons (Fsp3) is 1.00. The fourth-order valence-corrected chi connectivity index (χ4v) is 1.96. The van der Waals surface area contributed by atoms with E-state index in [2.05, 4.69) is 5.32 Å². The van der Waals surface area contributed by atoms with Gasteiger partial charge in [-0.15, -0.1) is 0 Å². The van der Waals surface area contributed by atoms with Crippen molar-refractivity contribution in [2.75, 3.05) is 32.9 Å². The third-order valence-corrected chi connectivity index (χ3v) is 2.92. The summed E-state index contributed by atoms with van der Waals surface area (Å²) < 4.78 is 11.1. The number of hydrogen-bond donors (Lipinski definition) is 1. The highest BCUT2D eigenvalue weighted by atomic mass is 16.5. The maximum absolute atomic E-state index is 5.82. The molecule has 3 nitrogen and oxygen atoms in total. The zero-order chi connectivity index (χ0) is 8.93. The normalized spacial score (nSPS) is 30.9. The van der Waals surface area contributed by atoms with E-state index in [1.54, 1.807) is 0 Å². The molecule has 2 saturated heterocycles. The summed E-state index contributed by atoms with van der Waals surface area (Å²) in [6, 6.07) is 0. The van der Waals surface area contributed by atoms with Crippen LogP contribution >= 0.6 is 0 Å². The molecule has 0 radical (unpaired) electrons. The predicted octanol–water partition coefficient (Wildman–Crippen LogP) is 0.791. The molecule has 1 N–H and O–H groups in total. The first-order chi connectivity index (χ1) is 6.45. The van der Waals surface area contributed by atoms with Gasteiger partial charge in [-0.25, -0.2) is 0 Å². The summed E-state index contributed by atoms with van der Waals surface area (Å²) in [4.78, 5) is 0. The molecule has 0 aromatic heterocycles. The molecular formula is C10H19NO2. The summed E-state index contributed by atoms with van der Waals surface area (Å²) in [6.07, 6.45) is 4.02. The quantitative estimate of drug-likeness (QED) is 0.705. The van der Waals surface area contributed by atoms with Crippen LogP contribution in [0, 0.1) is 5.92 Å². The smallest absolute Gasteiger partial charge is 0.0711 e. The monoisotopic (exact) mass is 185 g/mol. The summed E-state index contributed by atoms with van der Waals surface area (Å²) >= 11 is 0. The van der Waals surface area contributed by atoms with Gasteiger partial charge in [0.15, 0.2) is 0 Å². The molecule has 1 unspecified atom stereocenters. The molecule has 2 fully saturated rings. The van der Waals surface area contributed by atoms with Crippen LogP contribution in [-0.2, 0) is 9.47 Å². The molecule has 1 atom stereocenters. The minimum Gasteiger partial charge on any atom is -0.381 e. The number of ether oxygens (including phenoxy) is 2. The second-order valence-corrected chi connectivity index (χ2v) is 4.00. The number of hydrogen-bond acceptors (Lipinski definition) is 3. The van der Waals surface area contributed by atoms with E-state index >= 15 is 0 Å². The Balaban J connectivity index is 1.60. The molecule has 2 rings (SSSR count). The van der Waals surface area contributed by atoms with Crippen LogP contribution in [0.15, 0.2) is 0 Å². The molecule has 3 heteroatoms. The Kier molecular flexibility index (Phi) is 3.58. The first-order valence-electron chi connectivity index (χ1n) is 5.35. The van der Waals surface area contributed by atoms with Crippen molar-refractivity contribution in [3.8, 4) is 0 Å². The first kappa shape index (κ1) is 9.44. The maximum atomic E-state index is 5.82. The highest BCUT2D eigenvalue weighted by Gasteiger charge is 2.18. The molecule has 0 bridgehead atoms. The van der Waals surface area contributed by atoms with Crippen molar-refractivity contribution in [2.45, 2.75) is 25.4 Å². The van der Waals surface area contributed by atoms with Gasteiger partial charge in [-0.1, -0.05) is 0 Å². The van der Waals surface area contributed by atoms with E-state index in [-0.39, 0.29) is 0 Å². The third-order valence-electron chi connectivity index (χ3n) is 2.92. The lowest BCUT2D eigenvalue weighted by molar-refractivity contribution is -0.00416. The lowest BCUT2D eigenvalue weighted by Crippen LogP contribution is -2.24. The van der Waals surface area contributed by atoms with Crippen molar-refractivity contribution in [1.29, 1.82) is 0 Å². The average Bonchev–Trinajstić information content (AvgIpc) is 2.69. The lowest BCUT2D eigenvalue weighted by Gasteiger charge is -2.23. The molecule has 0 aromatic rings. The Morgan fingerprint density at radius 2 is 2.08 bits per heavy atom. The Labute approximate surface area is 79.8 Å². The van der Waals surface area contributed by atoms with Crippen molar-refractivity contribution < 1.29 is 9.47 Å². The van der Waals surface area contributed by atoms with Crippen LogP contribution in [0.1, 0.15) is 19.3 Å². The molecule has 2 heterocycles. The first-order valence-corrected chi connectivity index (χ1v) is 5.35. The van der Waals surface area contributed by atoms with E-state index in [1.807, 2.05) is 0 Å². The highest BCUT2D eigenvalue weighted by molar-refractivity contribution is 4.72. The predicted molar refractivity (Wildman–Crippen MR) is 50.8 cm³/mol. The van der Waals surface area contributed by atoms with Crippen LogP contribution in [0.2, 0.25) is 0 Å². The molecule has 0 aromatic carbocycles. The van der Waals surface area contributed by atoms with Crippen LogP contribution in [-0.4, -0.2) is 39.0 Å². The van der Waals surface area contributed by atoms with Crippen LogP contribution in [0.25, 0.3) is 0 Å². The minimum absolute atomic E-state index is 0.475. The SMILES string of the molecule is C1CC(OCC2CCOCC2)CN1. The molecule has 0 amide bonds. The van der Waals surface area contributed by atoms with Gasteiger partial charge in [0.05, 0.1) is 6.10 Å². The molecule has 76 valence electrons. The Hall–Kier alpha value is -0.120. The highest BCUT2D eigenvalue weighted by Crippen LogP contribution is 2.16. The fourth-order valence-electron chi connectivity index (χ4n) is 1.96. The van der Waals surface area contributed by atoms with Gasteiger partial charge in [0.2, 0.25) is 0 Å². The Bertz CT molecular complexity index is 140. The lowest BCUT2D eigenvalue weighted by atomic mass is 10.0. The van der Waals surface area contributed by atoms with Gasteiger partial charge in [0.25, 0.3) is 0 Å². The van der Waals surface area contributed by atoms with Gasteiger partial charge in [0.1, 0.15) is 0 Å². The summed E-state index contributed by atoms with van der Waals surface area (Å²) in [7, 11) is 0. The summed E-state index contributed by atoms with van der Waals surface area (Å²) in [5, 5.41) is 3.31. The molecule has 2 aliphatic heterocycles. The second kappa shape index (κ2) is 4.94. The topological polar surface area (TPSA) is 30.5 Å². The van der Waals surface area contributed by atoms with Crippen LogP contribution in [0.5, 0.6) is 0 Å². The molecular weight excluding hydrogens is 166 g/mol. The van der Waals surface area contributed by atoms with E-state index in [1.165, 1.54) is 19.3 Å². The van der Waals surface area contributed by atoms with E-state index in [9.17, 15) is 0 Å². The van der Waals surface area contributed by atoms with E-state index < -0.39 is 0 Å². The van der Waals surface area contributed by atoms with Gasteiger partial charge in [-0.05, 0) is 31.7 Å². The largest absolute Gasteiger partial charge is 0.381 e. The van der Waals surface area contributed by atoms with Crippen molar-refractivity contribution in [3.05, 3.63) is 0 Å². The van der Waals surface area contributed by atoms with E-state index in [0.29, 0.717) is 6.10 Å². The van der Waals surface area contributed by atoms with Gasteiger partial charge >= 0.3 is 0 Å². The summed E-state index contributed by atoms with van der Waals surface area (Å²) in [5.41, 5.74) is 0. The van der Waals surface area contributed by atoms with E-state index in [0.717, 1.165) is 38.8 Å². The standard InChI is InChI=1S/C10H19NO2/c1-4-11-7-10(1)13-8-9-2-5-12-6-3-9/h9-11H,1-8H2. The third kappa shape index (κ3) is 2.93. The van der Waals surface area contributed by atoms with Crippen molar-refractivity contribution in [1.82, 2.24) is 5.32 Å². The zero-order valence-corrected chi connectivity index (χ0v) is 8.13. The van der Waals surface area contributed by atoms with E-state index in [4.69, 9.17) is 9.47 Å². The van der Waals surface area contributed by atoms with Gasteiger partial charge in [-0.3, -0.25) is 0 Å². The number of nitrogens with one attached hydrogen (secondary N) is 1. The zero-order valence-electron chi connectivity index (χ0n) is 8.13. The molecule has 0 aliphatic carbocycles. The number of rotatable bonds is 3. The van der Waals surface area contributed by atoms with Crippen molar-refractivity contribution >= 4 is 0 Å². The van der Waals surface area contributed by atoms with Gasteiger partial charge in [0, 0.05) is 26.4 Å². The molecule has 0 spiro atoms. The Morgan fingerprint density at radius 1 is 1.23 bits per heavy atom. The maximum Gasteiger partial charge on any atom is 0.0711 e. The molecule has 13 heavy (non-hydrogen) atoms. The van der Waals surface area contributed by atoms with Crippen molar-refractivity contribution in [3.63, 3.8) is 0 Å². The van der Waals surface area contributed by atoms with Crippen LogP contribution in [0.3, 0.4) is 0 Å². The Morgan fingerprint density at radius 3 is 2.77 bits per heavy atom. The van der Waals surface area contributed by atoms with Crippen LogP contribution < -0.4 is 5.32 Å². The van der Waals surface area contributed by atoms with Crippen LogP contribution in [0.4, 0.5) is 0 Å². The molecule has 0 saturated carbocycles. The van der Waals surface area contributed by atoms with Gasteiger partial charge in [-0.2, -0.15) is 0 Å². The molecule has 2 aliphatic rings. The summed E-state index contributed by atoms with van der Waals surface area (Å²) in [5.74, 6) is 0.745.